The molecule has 0 bridgehead atoms. The number of hydrogen-bond donors (Lipinski definition) is 2. The summed E-state index contributed by atoms with van der Waals surface area (Å²) in [6.07, 6.45) is 2.24. The van der Waals surface area contributed by atoms with Crippen LogP contribution in [0.3, 0.4) is 0 Å². The first-order valence-corrected chi connectivity index (χ1v) is 7.81. The Morgan fingerprint density at radius 2 is 2.10 bits per heavy atom. The first-order valence-electron chi connectivity index (χ1n) is 6.49. The predicted molar refractivity (Wildman–Crippen MR) is 75.2 cm³/mol. The molecule has 1 aliphatic rings. The number of carbonyl (C=O) groups excluding carboxylic acids is 1. The number of carboxylic acids is 1. The highest BCUT2D eigenvalue weighted by Gasteiger charge is 2.23. The van der Waals surface area contributed by atoms with E-state index in [2.05, 4.69) is 5.32 Å². The monoisotopic (exact) mass is 295 g/mol. The van der Waals surface area contributed by atoms with Gasteiger partial charge < -0.3 is 10.4 Å². The molecule has 0 heterocycles. The molecule has 1 aromatic carbocycles. The van der Waals surface area contributed by atoms with Crippen LogP contribution in [0.4, 0.5) is 0 Å². The predicted octanol–water partition coefficient (Wildman–Crippen LogP) is 1.47. The summed E-state index contributed by atoms with van der Waals surface area (Å²) in [4.78, 5) is 23.0. The minimum atomic E-state index is -1.36. The van der Waals surface area contributed by atoms with E-state index >= 15 is 0 Å². The third-order valence-corrected chi connectivity index (χ3v) is 4.51. The Morgan fingerprint density at radius 1 is 1.40 bits per heavy atom. The lowest BCUT2D eigenvalue weighted by atomic mass is 10.1. The van der Waals surface area contributed by atoms with E-state index < -0.39 is 16.8 Å². The number of rotatable bonds is 6. The molecule has 0 radical (unpaired) electrons. The molecule has 1 saturated carbocycles. The summed E-state index contributed by atoms with van der Waals surface area (Å²) >= 11 is 0. The Morgan fingerprint density at radius 3 is 2.70 bits per heavy atom. The first kappa shape index (κ1) is 14.7. The van der Waals surface area contributed by atoms with Crippen molar-refractivity contribution in [3.8, 4) is 0 Å². The number of benzene rings is 1. The zero-order valence-electron chi connectivity index (χ0n) is 11.2. The molecular weight excluding hydrogens is 278 g/mol. The van der Waals surface area contributed by atoms with E-state index in [1.54, 1.807) is 19.1 Å². The van der Waals surface area contributed by atoms with Crippen molar-refractivity contribution < 1.29 is 18.9 Å². The van der Waals surface area contributed by atoms with Crippen LogP contribution < -0.4 is 5.32 Å². The lowest BCUT2D eigenvalue weighted by Crippen LogP contribution is -2.26. The highest BCUT2D eigenvalue weighted by atomic mass is 32.2. The van der Waals surface area contributed by atoms with Gasteiger partial charge in [-0.1, -0.05) is 6.07 Å². The fraction of sp³-hybridized carbons (Fsp3) is 0.429. The van der Waals surface area contributed by atoms with Gasteiger partial charge in [-0.2, -0.15) is 0 Å². The summed E-state index contributed by atoms with van der Waals surface area (Å²) in [5, 5.41) is 11.9. The average molecular weight is 295 g/mol. The van der Waals surface area contributed by atoms with Crippen LogP contribution in [0.15, 0.2) is 23.1 Å². The molecule has 5 nitrogen and oxygen atoms in total. The minimum Gasteiger partial charge on any atom is -0.478 e. The van der Waals surface area contributed by atoms with Crippen LogP contribution in [-0.4, -0.2) is 33.0 Å². The summed E-state index contributed by atoms with van der Waals surface area (Å²) in [6, 6.07) is 5.01. The molecule has 0 saturated heterocycles. The maximum absolute atomic E-state index is 12.1. The molecule has 1 aromatic rings. The third kappa shape index (κ3) is 3.90. The molecule has 108 valence electrons. The Balaban J connectivity index is 1.96. The van der Waals surface area contributed by atoms with Crippen molar-refractivity contribution in [2.45, 2.75) is 37.1 Å². The quantitative estimate of drug-likeness (QED) is 0.832. The van der Waals surface area contributed by atoms with E-state index in [9.17, 15) is 13.8 Å². The minimum absolute atomic E-state index is 0.0913. The van der Waals surface area contributed by atoms with E-state index in [1.165, 1.54) is 6.07 Å². The SMILES string of the molecule is Cc1ccc(S(=O)CCC(=O)NC2CC2)cc1C(=O)O. The molecule has 6 heteroatoms. The van der Waals surface area contributed by atoms with Crippen LogP contribution in [0.1, 0.15) is 35.2 Å². The molecule has 2 N–H and O–H groups in total. The Kier molecular flexibility index (Phi) is 4.54. The van der Waals surface area contributed by atoms with Crippen LogP contribution in [0.25, 0.3) is 0 Å². The molecule has 20 heavy (non-hydrogen) atoms. The summed E-state index contributed by atoms with van der Waals surface area (Å²) in [5.74, 6) is -0.917. The lowest BCUT2D eigenvalue weighted by Gasteiger charge is -2.06. The van der Waals surface area contributed by atoms with Gasteiger partial charge in [0, 0.05) is 23.1 Å². The second-order valence-corrected chi connectivity index (χ2v) is 6.49. The number of carbonyl (C=O) groups is 2. The molecule has 1 aliphatic carbocycles. The van der Waals surface area contributed by atoms with E-state index in [1.807, 2.05) is 0 Å². The van der Waals surface area contributed by atoms with Crippen molar-refractivity contribution in [2.75, 3.05) is 5.75 Å². The van der Waals surface area contributed by atoms with E-state index in [-0.39, 0.29) is 23.6 Å². The molecule has 0 aromatic heterocycles. The zero-order chi connectivity index (χ0) is 14.7. The topological polar surface area (TPSA) is 83.5 Å². The first-order chi connectivity index (χ1) is 9.47. The van der Waals surface area contributed by atoms with Gasteiger partial charge in [0.2, 0.25) is 5.91 Å². The van der Waals surface area contributed by atoms with Crippen molar-refractivity contribution in [1.29, 1.82) is 0 Å². The second-order valence-electron chi connectivity index (χ2n) is 4.92. The normalized spacial score (nSPS) is 15.7. The Labute approximate surface area is 119 Å². The molecule has 1 amide bonds. The van der Waals surface area contributed by atoms with Crippen molar-refractivity contribution in [3.63, 3.8) is 0 Å². The number of hydrogen-bond acceptors (Lipinski definition) is 3. The molecule has 0 spiro atoms. The van der Waals surface area contributed by atoms with E-state index in [4.69, 9.17) is 5.11 Å². The molecule has 1 fully saturated rings. The number of aryl methyl sites for hydroxylation is 1. The van der Waals surface area contributed by atoms with E-state index in [0.717, 1.165) is 12.8 Å². The van der Waals surface area contributed by atoms with Crippen LogP contribution in [-0.2, 0) is 15.6 Å². The highest BCUT2D eigenvalue weighted by Crippen LogP contribution is 2.19. The van der Waals surface area contributed by atoms with Gasteiger partial charge in [-0.15, -0.1) is 0 Å². The fourth-order valence-corrected chi connectivity index (χ4v) is 2.88. The lowest BCUT2D eigenvalue weighted by molar-refractivity contribution is -0.120. The molecule has 2 rings (SSSR count). The second kappa shape index (κ2) is 6.17. The molecule has 1 unspecified atom stereocenters. The standard InChI is InChI=1S/C14H17NO4S/c1-9-2-5-11(8-12(9)14(17)18)20(19)7-6-13(16)15-10-3-4-10/h2,5,8,10H,3-4,6-7H2,1H3,(H,15,16)(H,17,18). The van der Waals surface area contributed by atoms with Crippen molar-refractivity contribution >= 4 is 22.7 Å². The summed E-state index contributed by atoms with van der Waals surface area (Å²) < 4.78 is 12.1. The summed E-state index contributed by atoms with van der Waals surface area (Å²) in [7, 11) is -1.36. The highest BCUT2D eigenvalue weighted by molar-refractivity contribution is 7.85. The molecule has 0 aliphatic heterocycles. The number of carboxylic acid groups (broad SMARTS) is 1. The number of amides is 1. The van der Waals surface area contributed by atoms with Gasteiger partial charge in [0.1, 0.15) is 0 Å². The van der Waals surface area contributed by atoms with Crippen LogP contribution in [0.5, 0.6) is 0 Å². The molecule has 1 atom stereocenters. The van der Waals surface area contributed by atoms with Crippen molar-refractivity contribution in [3.05, 3.63) is 29.3 Å². The smallest absolute Gasteiger partial charge is 0.335 e. The Bertz CT molecular complexity index is 566. The Hall–Kier alpha value is -1.69. The number of aromatic carboxylic acids is 1. The summed E-state index contributed by atoms with van der Waals surface area (Å²) in [6.45, 7) is 1.69. The third-order valence-electron chi connectivity index (χ3n) is 3.16. The average Bonchev–Trinajstić information content (AvgIpc) is 3.20. The fourth-order valence-electron chi connectivity index (χ4n) is 1.80. The van der Waals surface area contributed by atoms with Gasteiger partial charge in [-0.3, -0.25) is 9.00 Å². The van der Waals surface area contributed by atoms with Crippen LogP contribution in [0, 0.1) is 6.92 Å². The van der Waals surface area contributed by atoms with Crippen molar-refractivity contribution in [2.24, 2.45) is 0 Å². The zero-order valence-corrected chi connectivity index (χ0v) is 12.0. The van der Waals surface area contributed by atoms with Gasteiger partial charge in [-0.05, 0) is 37.5 Å². The van der Waals surface area contributed by atoms with Gasteiger partial charge in [0.25, 0.3) is 0 Å². The maximum atomic E-state index is 12.1. The van der Waals surface area contributed by atoms with Crippen molar-refractivity contribution in [1.82, 2.24) is 5.32 Å². The maximum Gasteiger partial charge on any atom is 0.335 e. The molecular formula is C14H17NO4S. The van der Waals surface area contributed by atoms with E-state index in [0.29, 0.717) is 16.5 Å². The largest absolute Gasteiger partial charge is 0.478 e. The van der Waals surface area contributed by atoms with Crippen LogP contribution in [0.2, 0.25) is 0 Å². The number of nitrogens with one attached hydrogen (secondary N) is 1. The van der Waals surface area contributed by atoms with Crippen LogP contribution >= 0.6 is 0 Å². The van der Waals surface area contributed by atoms with Gasteiger partial charge in [0.05, 0.1) is 16.4 Å². The van der Waals surface area contributed by atoms with Gasteiger partial charge in [-0.25, -0.2) is 4.79 Å². The van der Waals surface area contributed by atoms with Gasteiger partial charge >= 0.3 is 5.97 Å². The summed E-state index contributed by atoms with van der Waals surface area (Å²) in [5.41, 5.74) is 0.781. The van der Waals surface area contributed by atoms with Gasteiger partial charge in [0.15, 0.2) is 0 Å².